The highest BCUT2D eigenvalue weighted by atomic mass is 16.3. The van der Waals surface area contributed by atoms with Crippen molar-refractivity contribution in [2.24, 2.45) is 0 Å². The van der Waals surface area contributed by atoms with Crippen molar-refractivity contribution in [1.82, 2.24) is 19.5 Å². The average molecular weight is 604 g/mol. The first-order chi connectivity index (χ1) is 23.4. The van der Waals surface area contributed by atoms with E-state index in [9.17, 15) is 0 Å². The lowest BCUT2D eigenvalue weighted by atomic mass is 9.83. The Morgan fingerprint density at radius 2 is 0.958 bits per heavy atom. The molecular weight excluding hydrogens is 584 g/mol. The first-order valence-electron chi connectivity index (χ1n) is 15.4. The van der Waals surface area contributed by atoms with E-state index in [-0.39, 0.29) is 0 Å². The third-order valence-corrected chi connectivity index (χ3v) is 8.75. The Morgan fingerprint density at radius 1 is 0.458 bits per heavy atom. The molecule has 0 aliphatic heterocycles. The van der Waals surface area contributed by atoms with Gasteiger partial charge < -0.3 is 8.98 Å². The lowest BCUT2D eigenvalue weighted by Gasteiger charge is -2.12. The van der Waals surface area contributed by atoms with E-state index in [0.29, 0.717) is 50.5 Å². The normalized spacial score (nSPS) is 11.7. The van der Waals surface area contributed by atoms with Crippen LogP contribution in [0.1, 0.15) is 0 Å². The summed E-state index contributed by atoms with van der Waals surface area (Å²) in [7, 11) is 25.9. The maximum Gasteiger partial charge on any atom is 0.167 e. The monoisotopic (exact) mass is 604 g/mol. The molecule has 0 fully saturated rings. The molecule has 0 bridgehead atoms. The molecular formula is C39H20B4N4O. The number of hydrogen-bond acceptors (Lipinski definition) is 4. The smallest absolute Gasteiger partial charge is 0.167 e. The molecule has 3 aromatic heterocycles. The summed E-state index contributed by atoms with van der Waals surface area (Å²) in [5.41, 5.74) is 8.26. The fraction of sp³-hybridized carbons (Fsp3) is 0. The fourth-order valence-corrected chi connectivity index (χ4v) is 6.71. The summed E-state index contributed by atoms with van der Waals surface area (Å²) in [5.74, 6) is 1.65. The number of benzene rings is 6. The van der Waals surface area contributed by atoms with E-state index in [4.69, 9.17) is 50.8 Å². The zero-order valence-electron chi connectivity index (χ0n) is 25.6. The van der Waals surface area contributed by atoms with Crippen LogP contribution in [0.2, 0.25) is 0 Å². The zero-order chi connectivity index (χ0) is 32.5. The molecule has 5 nitrogen and oxygen atoms in total. The molecule has 0 atom stereocenters. The highest BCUT2D eigenvalue weighted by Gasteiger charge is 2.22. The Labute approximate surface area is 281 Å². The molecule has 3 heterocycles. The maximum atomic E-state index is 6.86. The zero-order valence-corrected chi connectivity index (χ0v) is 25.6. The molecule has 9 heteroatoms. The second-order valence-electron chi connectivity index (χ2n) is 11.8. The van der Waals surface area contributed by atoms with Gasteiger partial charge in [0.15, 0.2) is 23.1 Å². The third kappa shape index (κ3) is 4.42. The van der Waals surface area contributed by atoms with Gasteiger partial charge in [0.05, 0.1) is 11.3 Å². The Kier molecular flexibility index (Phi) is 6.44. The average Bonchev–Trinajstić information content (AvgIpc) is 3.65. The van der Waals surface area contributed by atoms with Crippen LogP contribution in [0.4, 0.5) is 0 Å². The number of hydrogen-bond donors (Lipinski definition) is 0. The third-order valence-electron chi connectivity index (χ3n) is 8.75. The molecule has 0 N–H and O–H groups in total. The van der Waals surface area contributed by atoms with Crippen molar-refractivity contribution in [2.45, 2.75) is 0 Å². The molecule has 9 rings (SSSR count). The van der Waals surface area contributed by atoms with E-state index in [1.54, 1.807) is 12.1 Å². The van der Waals surface area contributed by atoms with E-state index in [1.807, 2.05) is 114 Å². The van der Waals surface area contributed by atoms with Crippen LogP contribution in [-0.2, 0) is 0 Å². The Morgan fingerprint density at radius 3 is 1.52 bits per heavy atom. The Balaban J connectivity index is 1.34. The van der Waals surface area contributed by atoms with E-state index in [1.165, 1.54) is 0 Å². The van der Waals surface area contributed by atoms with Crippen molar-refractivity contribution >= 4 is 97.0 Å². The first-order valence-corrected chi connectivity index (χ1v) is 15.4. The number of nitrogens with zero attached hydrogens (tertiary/aromatic N) is 4. The molecule has 0 unspecified atom stereocenters. The lowest BCUT2D eigenvalue weighted by Crippen LogP contribution is -2.18. The molecule has 48 heavy (non-hydrogen) atoms. The van der Waals surface area contributed by atoms with Gasteiger partial charge in [0.25, 0.3) is 0 Å². The van der Waals surface area contributed by atoms with Crippen molar-refractivity contribution in [3.05, 3.63) is 121 Å². The predicted molar refractivity (Wildman–Crippen MR) is 199 cm³/mol. The van der Waals surface area contributed by atoms with Gasteiger partial charge in [0.2, 0.25) is 0 Å². The van der Waals surface area contributed by atoms with E-state index in [0.717, 1.165) is 55.0 Å². The maximum absolute atomic E-state index is 6.86. The predicted octanol–water partition coefficient (Wildman–Crippen LogP) is 5.04. The fourth-order valence-electron chi connectivity index (χ4n) is 6.71. The van der Waals surface area contributed by atoms with Crippen molar-refractivity contribution in [3.63, 3.8) is 0 Å². The minimum absolute atomic E-state index is 0.505. The molecule has 8 radical (unpaired) electrons. The van der Waals surface area contributed by atoms with Crippen LogP contribution in [0, 0.1) is 0 Å². The number of aromatic nitrogens is 4. The molecule has 9 aromatic rings. The minimum atomic E-state index is 0.505. The van der Waals surface area contributed by atoms with Gasteiger partial charge in [0, 0.05) is 43.7 Å². The van der Waals surface area contributed by atoms with Gasteiger partial charge in [-0.05, 0) is 12.1 Å². The molecule has 0 aliphatic carbocycles. The Hall–Kier alpha value is -5.81. The molecule has 214 valence electrons. The van der Waals surface area contributed by atoms with Crippen LogP contribution in [-0.4, -0.2) is 50.9 Å². The van der Waals surface area contributed by atoms with Crippen LogP contribution in [0.3, 0.4) is 0 Å². The van der Waals surface area contributed by atoms with Gasteiger partial charge in [-0.2, -0.15) is 0 Å². The quantitative estimate of drug-likeness (QED) is 0.265. The van der Waals surface area contributed by atoms with Crippen molar-refractivity contribution in [2.75, 3.05) is 0 Å². The molecule has 0 saturated carbocycles. The molecule has 0 amide bonds. The summed E-state index contributed by atoms with van der Waals surface area (Å²) < 4.78 is 8.90. The van der Waals surface area contributed by atoms with Crippen LogP contribution in [0.25, 0.3) is 83.6 Å². The summed E-state index contributed by atoms with van der Waals surface area (Å²) in [5, 5.41) is 3.54. The molecule has 0 aliphatic rings. The minimum Gasteiger partial charge on any atom is -0.453 e. The summed E-state index contributed by atoms with van der Waals surface area (Å²) in [6, 6.07) is 39.2. The summed E-state index contributed by atoms with van der Waals surface area (Å²) in [6.07, 6.45) is 0. The second kappa shape index (κ2) is 10.9. The summed E-state index contributed by atoms with van der Waals surface area (Å²) >= 11 is 0. The molecule has 0 spiro atoms. The molecule has 0 saturated heterocycles. The second-order valence-corrected chi connectivity index (χ2v) is 11.8. The van der Waals surface area contributed by atoms with Crippen LogP contribution in [0.5, 0.6) is 0 Å². The van der Waals surface area contributed by atoms with Gasteiger partial charge in [-0.1, -0.05) is 131 Å². The van der Waals surface area contributed by atoms with Gasteiger partial charge in [0.1, 0.15) is 37.0 Å². The number of para-hydroxylation sites is 2. The van der Waals surface area contributed by atoms with Crippen LogP contribution >= 0.6 is 0 Å². The SMILES string of the molecule is [B]c1cc([B])c2c(c1)c1cc([B])cc([B])c1n2-c1cccc2c1oc1c(-c3nc(-c4ccccc4)nc(-c4ccccc4)n3)cccc12. The molecule has 6 aromatic carbocycles. The standard InChI is InChI=1S/C39H20B4N4O/c40-23-17-28-29-18-24(41)20-31(43)34(29)47(33(28)30(42)19-23)32-16-8-14-26-25-13-7-15-27(35(25)48-36(26)32)39-45-37(21-9-3-1-4-10-21)44-38(46-39)22-11-5-2-6-12-22/h1-20H. The Bertz CT molecular complexity index is 2600. The lowest BCUT2D eigenvalue weighted by molar-refractivity contribution is 0.667. The topological polar surface area (TPSA) is 56.7 Å². The van der Waals surface area contributed by atoms with Crippen LogP contribution < -0.4 is 21.9 Å². The van der Waals surface area contributed by atoms with Crippen LogP contribution in [0.15, 0.2) is 126 Å². The van der Waals surface area contributed by atoms with E-state index >= 15 is 0 Å². The van der Waals surface area contributed by atoms with Crippen molar-refractivity contribution in [3.8, 4) is 39.9 Å². The van der Waals surface area contributed by atoms with Gasteiger partial charge in [-0.15, -0.1) is 0 Å². The van der Waals surface area contributed by atoms with Gasteiger partial charge in [-0.3, -0.25) is 0 Å². The van der Waals surface area contributed by atoms with Crippen molar-refractivity contribution in [1.29, 1.82) is 0 Å². The van der Waals surface area contributed by atoms with Gasteiger partial charge >= 0.3 is 0 Å². The van der Waals surface area contributed by atoms with E-state index in [2.05, 4.69) is 0 Å². The number of furan rings is 1. The highest BCUT2D eigenvalue weighted by Crippen LogP contribution is 2.40. The summed E-state index contributed by atoms with van der Waals surface area (Å²) in [4.78, 5) is 14.8. The highest BCUT2D eigenvalue weighted by molar-refractivity contribution is 6.48. The summed E-state index contributed by atoms with van der Waals surface area (Å²) in [6.45, 7) is 0. The number of rotatable bonds is 4. The number of fused-ring (bicyclic) bond motifs is 6. The largest absolute Gasteiger partial charge is 0.453 e. The van der Waals surface area contributed by atoms with Crippen molar-refractivity contribution < 1.29 is 4.42 Å². The van der Waals surface area contributed by atoms with Gasteiger partial charge in [-0.25, -0.2) is 15.0 Å². The van der Waals surface area contributed by atoms with E-state index < -0.39 is 0 Å². The first kappa shape index (κ1) is 28.4.